The van der Waals surface area contributed by atoms with Crippen molar-refractivity contribution in [2.24, 2.45) is 0 Å². The second kappa shape index (κ2) is 13.4. The minimum absolute atomic E-state index is 0.0475. The summed E-state index contributed by atoms with van der Waals surface area (Å²) in [5.74, 6) is 2.02. The summed E-state index contributed by atoms with van der Waals surface area (Å²) in [5.41, 5.74) is 3.49. The normalized spacial score (nSPS) is 16.3. The van der Waals surface area contributed by atoms with E-state index in [1.807, 2.05) is 54.6 Å². The number of benzene rings is 3. The maximum absolute atomic E-state index is 11.1. The third kappa shape index (κ3) is 7.06. The molecule has 9 heteroatoms. The number of para-hydroxylation sites is 2. The van der Waals surface area contributed by atoms with Crippen molar-refractivity contribution in [3.63, 3.8) is 0 Å². The molecule has 1 fully saturated rings. The third-order valence-corrected chi connectivity index (χ3v) is 6.87. The lowest BCUT2D eigenvalue weighted by Gasteiger charge is -2.27. The van der Waals surface area contributed by atoms with E-state index in [1.165, 1.54) is 0 Å². The van der Waals surface area contributed by atoms with Gasteiger partial charge in [0, 0.05) is 31.8 Å². The molecule has 2 atom stereocenters. The minimum Gasteiger partial charge on any atom is -0.493 e. The highest BCUT2D eigenvalue weighted by atomic mass is 16.5. The number of aromatic nitrogens is 3. The Labute approximate surface area is 228 Å². The van der Waals surface area contributed by atoms with Gasteiger partial charge in [0.25, 0.3) is 0 Å². The maximum atomic E-state index is 11.1. The van der Waals surface area contributed by atoms with Gasteiger partial charge in [-0.05, 0) is 43.0 Å². The van der Waals surface area contributed by atoms with E-state index < -0.39 is 6.10 Å². The fraction of sp³-hybridized carbons (Fsp3) is 0.400. The highest BCUT2D eigenvalue weighted by molar-refractivity contribution is 5.82. The molecule has 0 saturated carbocycles. The van der Waals surface area contributed by atoms with E-state index in [9.17, 15) is 5.11 Å². The minimum atomic E-state index is -0.734. The Morgan fingerprint density at radius 2 is 1.82 bits per heavy atom. The average Bonchev–Trinajstić information content (AvgIpc) is 3.46. The van der Waals surface area contributed by atoms with Gasteiger partial charge in [0.1, 0.15) is 24.8 Å². The topological polar surface area (TPSA) is 102 Å². The molecule has 206 valence electrons. The number of nitrogens with one attached hydrogen (secondary N) is 1. The van der Waals surface area contributed by atoms with Gasteiger partial charge < -0.3 is 24.1 Å². The van der Waals surface area contributed by atoms with Gasteiger partial charge in [0.05, 0.1) is 13.2 Å². The van der Waals surface area contributed by atoms with Gasteiger partial charge in [-0.15, -0.1) is 0 Å². The van der Waals surface area contributed by atoms with Crippen molar-refractivity contribution in [2.45, 2.75) is 38.0 Å². The van der Waals surface area contributed by atoms with E-state index >= 15 is 0 Å². The van der Waals surface area contributed by atoms with Crippen LogP contribution in [0.15, 0.2) is 66.7 Å². The Bertz CT molecular complexity index is 1310. The Hall–Kier alpha value is -3.66. The van der Waals surface area contributed by atoms with Gasteiger partial charge in [0.15, 0.2) is 22.8 Å². The van der Waals surface area contributed by atoms with Crippen molar-refractivity contribution in [3.05, 3.63) is 77.9 Å². The predicted octanol–water partition coefficient (Wildman–Crippen LogP) is 4.53. The number of methoxy groups -OCH3 is 1. The molecule has 0 radical (unpaired) electrons. The summed E-state index contributed by atoms with van der Waals surface area (Å²) in [6.45, 7) is 2.99. The monoisotopic (exact) mass is 532 g/mol. The number of H-pyrrole nitrogens is 1. The molecule has 2 heterocycles. The summed E-state index contributed by atoms with van der Waals surface area (Å²) in [6.07, 6.45) is 2.32. The molecular weight excluding hydrogens is 496 g/mol. The quantitative estimate of drug-likeness (QED) is 0.259. The van der Waals surface area contributed by atoms with Crippen LogP contribution in [0, 0.1) is 0 Å². The predicted molar refractivity (Wildman–Crippen MR) is 148 cm³/mol. The number of rotatable bonds is 13. The van der Waals surface area contributed by atoms with Crippen molar-refractivity contribution in [3.8, 4) is 17.2 Å². The molecule has 1 aromatic heterocycles. The lowest BCUT2D eigenvalue weighted by Crippen LogP contribution is -2.37. The highest BCUT2D eigenvalue weighted by Gasteiger charge is 2.24. The van der Waals surface area contributed by atoms with E-state index in [1.54, 1.807) is 7.11 Å². The van der Waals surface area contributed by atoms with Crippen LogP contribution in [0.1, 0.15) is 36.5 Å². The molecule has 1 saturated heterocycles. The van der Waals surface area contributed by atoms with Crippen molar-refractivity contribution in [1.82, 2.24) is 20.3 Å². The van der Waals surface area contributed by atoms with E-state index in [2.05, 4.69) is 32.4 Å². The first kappa shape index (κ1) is 26.9. The van der Waals surface area contributed by atoms with Crippen LogP contribution in [-0.2, 0) is 11.3 Å². The second-order valence-electron chi connectivity index (χ2n) is 9.72. The van der Waals surface area contributed by atoms with Gasteiger partial charge in [-0.1, -0.05) is 48.5 Å². The molecule has 1 aliphatic rings. The Balaban J connectivity index is 1.25. The molecule has 2 N–H and O–H groups in total. The van der Waals surface area contributed by atoms with Crippen molar-refractivity contribution < 1.29 is 24.1 Å². The van der Waals surface area contributed by atoms with E-state index in [0.29, 0.717) is 49.0 Å². The molecule has 0 amide bonds. The van der Waals surface area contributed by atoms with Gasteiger partial charge in [-0.2, -0.15) is 15.4 Å². The van der Waals surface area contributed by atoms with Crippen molar-refractivity contribution in [1.29, 1.82) is 0 Å². The first-order chi connectivity index (χ1) is 19.2. The van der Waals surface area contributed by atoms with Gasteiger partial charge >= 0.3 is 0 Å². The zero-order valence-corrected chi connectivity index (χ0v) is 22.3. The average molecular weight is 533 g/mol. The van der Waals surface area contributed by atoms with Gasteiger partial charge in [-0.3, -0.25) is 4.90 Å². The Morgan fingerprint density at radius 3 is 2.62 bits per heavy atom. The number of hydrogen-bond donors (Lipinski definition) is 2. The molecule has 9 nitrogen and oxygen atoms in total. The Morgan fingerprint density at radius 1 is 1.00 bits per heavy atom. The van der Waals surface area contributed by atoms with Crippen LogP contribution < -0.4 is 14.2 Å². The number of ether oxygens (including phenoxy) is 4. The van der Waals surface area contributed by atoms with Crippen LogP contribution in [0.25, 0.3) is 11.0 Å². The van der Waals surface area contributed by atoms with Crippen LogP contribution in [-0.4, -0.2) is 71.5 Å². The Kier molecular flexibility index (Phi) is 9.26. The largest absolute Gasteiger partial charge is 0.493 e. The maximum Gasteiger partial charge on any atom is 0.161 e. The van der Waals surface area contributed by atoms with E-state index in [4.69, 9.17) is 18.9 Å². The molecule has 39 heavy (non-hydrogen) atoms. The first-order valence-electron chi connectivity index (χ1n) is 13.5. The molecule has 0 spiro atoms. The zero-order chi connectivity index (χ0) is 26.9. The summed E-state index contributed by atoms with van der Waals surface area (Å²) < 4.78 is 23.7. The summed E-state index contributed by atoms with van der Waals surface area (Å²) in [6, 6.07) is 21.7. The lowest BCUT2D eigenvalue weighted by molar-refractivity contribution is 0.0117. The molecule has 2 unspecified atom stereocenters. The number of hydrogen-bond acceptors (Lipinski definition) is 8. The molecule has 0 aliphatic carbocycles. The fourth-order valence-electron chi connectivity index (χ4n) is 4.92. The number of aliphatic hydroxyl groups is 1. The summed E-state index contributed by atoms with van der Waals surface area (Å²) in [7, 11) is 1.63. The molecule has 1 aliphatic heterocycles. The number of nitrogens with zero attached hydrogens (tertiary/aromatic N) is 3. The molecule has 3 aromatic carbocycles. The van der Waals surface area contributed by atoms with Crippen molar-refractivity contribution in [2.75, 3.05) is 40.0 Å². The van der Waals surface area contributed by atoms with Crippen LogP contribution in [0.4, 0.5) is 0 Å². The summed E-state index contributed by atoms with van der Waals surface area (Å²) in [4.78, 5) is 2.17. The van der Waals surface area contributed by atoms with Crippen LogP contribution >= 0.6 is 0 Å². The SMILES string of the molecule is COc1ccccc1OCCN(Cc1ccccc1)CC(O)COc1c(C2CCCCO2)ccc2n[nH]nc12. The van der Waals surface area contributed by atoms with Crippen LogP contribution in [0.5, 0.6) is 17.2 Å². The second-order valence-corrected chi connectivity index (χ2v) is 9.72. The summed E-state index contributed by atoms with van der Waals surface area (Å²) in [5, 5.41) is 22.3. The number of aliphatic hydroxyl groups excluding tert-OH is 1. The van der Waals surface area contributed by atoms with Crippen LogP contribution in [0.2, 0.25) is 0 Å². The molecule has 4 aromatic rings. The van der Waals surface area contributed by atoms with E-state index in [0.717, 1.165) is 42.5 Å². The molecular formula is C30H36N4O5. The smallest absolute Gasteiger partial charge is 0.161 e. The summed E-state index contributed by atoms with van der Waals surface area (Å²) >= 11 is 0. The van der Waals surface area contributed by atoms with Gasteiger partial charge in [-0.25, -0.2) is 0 Å². The standard InChI is InChI=1S/C30H36N4O5/c1-36-27-12-5-6-13-28(27)38-18-16-34(19-22-9-3-2-4-10-22)20-23(35)21-39-30-24(26-11-7-8-17-37-26)14-15-25-29(30)32-33-31-25/h2-6,9-10,12-15,23,26,35H,7-8,11,16-21H2,1H3,(H,31,32,33). The molecule has 5 rings (SSSR count). The van der Waals surface area contributed by atoms with Crippen molar-refractivity contribution >= 4 is 11.0 Å². The van der Waals surface area contributed by atoms with Gasteiger partial charge in [0.2, 0.25) is 0 Å². The fourth-order valence-corrected chi connectivity index (χ4v) is 4.92. The molecule has 0 bridgehead atoms. The first-order valence-corrected chi connectivity index (χ1v) is 13.5. The van der Waals surface area contributed by atoms with Crippen LogP contribution in [0.3, 0.4) is 0 Å². The number of fused-ring (bicyclic) bond motifs is 1. The highest BCUT2D eigenvalue weighted by Crippen LogP contribution is 2.37. The van der Waals surface area contributed by atoms with E-state index in [-0.39, 0.29) is 12.7 Å². The zero-order valence-electron chi connectivity index (χ0n) is 22.3. The number of aromatic amines is 1. The third-order valence-electron chi connectivity index (χ3n) is 6.87. The lowest BCUT2D eigenvalue weighted by atomic mass is 10.00.